The monoisotopic (exact) mass is 439 g/mol. The van der Waals surface area contributed by atoms with Crippen molar-refractivity contribution < 1.29 is 9.53 Å². The second kappa shape index (κ2) is 12.1. The third kappa shape index (κ3) is 5.93. The van der Waals surface area contributed by atoms with Crippen LogP contribution in [0.25, 0.3) is 6.08 Å². The molecule has 32 heavy (non-hydrogen) atoms. The van der Waals surface area contributed by atoms with Crippen LogP contribution in [0.2, 0.25) is 0 Å². The number of anilines is 1. The van der Waals surface area contributed by atoms with Crippen LogP contribution in [-0.2, 0) is 9.53 Å². The van der Waals surface area contributed by atoms with Gasteiger partial charge in [0.05, 0.1) is 6.04 Å². The molecule has 0 unspecified atom stereocenters. The van der Waals surface area contributed by atoms with Crippen molar-refractivity contribution in [1.82, 2.24) is 4.90 Å². The summed E-state index contributed by atoms with van der Waals surface area (Å²) in [7, 11) is 0. The molecule has 0 spiro atoms. The Balaban J connectivity index is 1.88. The molecule has 3 rings (SSSR count). The van der Waals surface area contributed by atoms with Gasteiger partial charge in [0, 0.05) is 24.8 Å². The summed E-state index contributed by atoms with van der Waals surface area (Å²) in [6.07, 6.45) is 11.8. The topological polar surface area (TPSA) is 45.1 Å². The predicted octanol–water partition coefficient (Wildman–Crippen LogP) is 6.39. The molecule has 2 fully saturated rings. The van der Waals surface area contributed by atoms with E-state index in [1.54, 1.807) is 0 Å². The van der Waals surface area contributed by atoms with Gasteiger partial charge in [-0.05, 0) is 63.3 Å². The average Bonchev–Trinajstić information content (AvgIpc) is 3.10. The van der Waals surface area contributed by atoms with Crippen molar-refractivity contribution in [3.63, 3.8) is 0 Å². The Kier molecular flexibility index (Phi) is 9.19. The van der Waals surface area contributed by atoms with Gasteiger partial charge in [-0.15, -0.1) is 0 Å². The molecular formula is C27H41N3O2. The summed E-state index contributed by atoms with van der Waals surface area (Å²) in [5.74, 6) is 0.353. The molecule has 0 aromatic heterocycles. The number of hydrogen-bond acceptors (Lipinski definition) is 4. The first kappa shape index (κ1) is 24.3. The summed E-state index contributed by atoms with van der Waals surface area (Å²) >= 11 is 0. The maximum Gasteiger partial charge on any atom is 0.300 e. The van der Waals surface area contributed by atoms with E-state index >= 15 is 0 Å². The van der Waals surface area contributed by atoms with Crippen LogP contribution < -0.4 is 4.90 Å². The summed E-state index contributed by atoms with van der Waals surface area (Å²) in [5.41, 5.74) is 2.17. The van der Waals surface area contributed by atoms with E-state index in [4.69, 9.17) is 9.73 Å². The number of aliphatic imine (C=N–C) groups is 1. The highest BCUT2D eigenvalue weighted by molar-refractivity contribution is 6.11. The van der Waals surface area contributed by atoms with Crippen LogP contribution in [0.5, 0.6) is 0 Å². The van der Waals surface area contributed by atoms with Gasteiger partial charge in [0.2, 0.25) is 0 Å². The fourth-order valence-corrected chi connectivity index (χ4v) is 4.86. The van der Waals surface area contributed by atoms with Crippen LogP contribution in [0.3, 0.4) is 0 Å². The third-order valence-corrected chi connectivity index (χ3v) is 6.63. The van der Waals surface area contributed by atoms with Crippen molar-refractivity contribution in [2.45, 2.75) is 97.6 Å². The maximum atomic E-state index is 13.5. The molecule has 1 aromatic carbocycles. The van der Waals surface area contributed by atoms with Gasteiger partial charge in [-0.3, -0.25) is 9.69 Å². The normalized spacial score (nSPS) is 19.9. The first-order valence-corrected chi connectivity index (χ1v) is 12.8. The second-order valence-electron chi connectivity index (χ2n) is 8.98. The molecule has 1 aliphatic heterocycles. The van der Waals surface area contributed by atoms with Crippen molar-refractivity contribution in [1.29, 1.82) is 0 Å². The molecule has 2 aliphatic rings. The van der Waals surface area contributed by atoms with Crippen LogP contribution in [0, 0.1) is 0 Å². The van der Waals surface area contributed by atoms with Crippen LogP contribution in [0.4, 0.5) is 5.69 Å². The number of nitrogens with zero attached hydrogens (tertiary/aromatic N) is 3. The SMILES string of the molecule is CCCC(CCC)N1C(=O)/C(=C\c2ccc(N(CC)CC)cc2)OC1=NC1CCCCC1. The zero-order valence-electron chi connectivity index (χ0n) is 20.5. The van der Waals surface area contributed by atoms with Gasteiger partial charge < -0.3 is 9.64 Å². The van der Waals surface area contributed by atoms with Crippen LogP contribution in [0.15, 0.2) is 35.0 Å². The Hall–Kier alpha value is -2.30. The molecular weight excluding hydrogens is 398 g/mol. The van der Waals surface area contributed by atoms with E-state index in [9.17, 15) is 4.79 Å². The molecule has 1 amide bonds. The van der Waals surface area contributed by atoms with Gasteiger partial charge in [0.25, 0.3) is 5.91 Å². The highest BCUT2D eigenvalue weighted by Gasteiger charge is 2.39. The van der Waals surface area contributed by atoms with Crippen LogP contribution in [-0.4, -0.2) is 42.0 Å². The number of amidine groups is 1. The Morgan fingerprint density at radius 1 is 1.03 bits per heavy atom. The summed E-state index contributed by atoms with van der Waals surface area (Å²) in [6.45, 7) is 10.6. The van der Waals surface area contributed by atoms with E-state index in [1.165, 1.54) is 24.9 Å². The van der Waals surface area contributed by atoms with E-state index in [0.717, 1.165) is 57.2 Å². The lowest BCUT2D eigenvalue weighted by Crippen LogP contribution is -2.40. The van der Waals surface area contributed by atoms with Crippen molar-refractivity contribution in [2.24, 2.45) is 4.99 Å². The molecule has 0 bridgehead atoms. The van der Waals surface area contributed by atoms with Gasteiger partial charge in [-0.2, -0.15) is 0 Å². The summed E-state index contributed by atoms with van der Waals surface area (Å²) in [6, 6.07) is 9.30. The molecule has 1 aromatic rings. The van der Waals surface area contributed by atoms with Gasteiger partial charge >= 0.3 is 6.02 Å². The summed E-state index contributed by atoms with van der Waals surface area (Å²) < 4.78 is 6.16. The molecule has 1 saturated carbocycles. The molecule has 0 N–H and O–H groups in total. The first-order chi connectivity index (χ1) is 15.6. The fourth-order valence-electron chi connectivity index (χ4n) is 4.86. The number of carbonyl (C=O) groups excluding carboxylic acids is 1. The van der Waals surface area contributed by atoms with Gasteiger partial charge in [-0.25, -0.2) is 4.99 Å². The highest BCUT2D eigenvalue weighted by Crippen LogP contribution is 2.29. The minimum atomic E-state index is -0.0423. The molecule has 0 radical (unpaired) electrons. The van der Waals surface area contributed by atoms with Crippen LogP contribution >= 0.6 is 0 Å². The predicted molar refractivity (Wildman–Crippen MR) is 134 cm³/mol. The lowest BCUT2D eigenvalue weighted by atomic mass is 9.96. The minimum absolute atomic E-state index is 0.0423. The van der Waals surface area contributed by atoms with Gasteiger partial charge in [0.1, 0.15) is 0 Å². The van der Waals surface area contributed by atoms with E-state index in [0.29, 0.717) is 11.8 Å². The Labute approximate surface area is 194 Å². The third-order valence-electron chi connectivity index (χ3n) is 6.63. The van der Waals surface area contributed by atoms with Crippen molar-refractivity contribution >= 4 is 23.7 Å². The molecule has 0 atom stereocenters. The number of amides is 1. The number of benzene rings is 1. The zero-order chi connectivity index (χ0) is 22.9. The van der Waals surface area contributed by atoms with Crippen molar-refractivity contribution in [2.75, 3.05) is 18.0 Å². The molecule has 5 heteroatoms. The van der Waals surface area contributed by atoms with Crippen LogP contribution in [0.1, 0.15) is 91.0 Å². The largest absolute Gasteiger partial charge is 0.420 e. The number of rotatable bonds is 10. The van der Waals surface area contributed by atoms with E-state index in [2.05, 4.69) is 56.9 Å². The average molecular weight is 440 g/mol. The quantitative estimate of drug-likeness (QED) is 0.397. The zero-order valence-corrected chi connectivity index (χ0v) is 20.5. The summed E-state index contributed by atoms with van der Waals surface area (Å²) in [5, 5.41) is 0. The minimum Gasteiger partial charge on any atom is -0.420 e. The van der Waals surface area contributed by atoms with E-state index < -0.39 is 0 Å². The standard InChI is InChI=1S/C27H41N3O2/c1-5-12-24(13-6-2)30-26(31)25(32-27(30)28-22-14-10-9-11-15-22)20-21-16-18-23(19-17-21)29(7-3)8-4/h16-20,22,24H,5-15H2,1-4H3/b25-20+,28-27?. The highest BCUT2D eigenvalue weighted by atomic mass is 16.5. The smallest absolute Gasteiger partial charge is 0.300 e. The molecule has 1 heterocycles. The second-order valence-corrected chi connectivity index (χ2v) is 8.98. The number of hydrogen-bond donors (Lipinski definition) is 0. The first-order valence-electron chi connectivity index (χ1n) is 12.8. The van der Waals surface area contributed by atoms with E-state index in [1.807, 2.05) is 11.0 Å². The molecule has 176 valence electrons. The van der Waals surface area contributed by atoms with Gasteiger partial charge in [-0.1, -0.05) is 58.1 Å². The van der Waals surface area contributed by atoms with Crippen molar-refractivity contribution in [3.05, 3.63) is 35.6 Å². The van der Waals surface area contributed by atoms with Crippen molar-refractivity contribution in [3.8, 4) is 0 Å². The maximum absolute atomic E-state index is 13.5. The summed E-state index contributed by atoms with van der Waals surface area (Å²) in [4.78, 5) is 22.6. The number of ether oxygens (including phenoxy) is 1. The molecule has 1 saturated heterocycles. The lowest BCUT2D eigenvalue weighted by Gasteiger charge is -2.26. The molecule has 1 aliphatic carbocycles. The van der Waals surface area contributed by atoms with Gasteiger partial charge in [0.15, 0.2) is 5.76 Å². The number of carbonyl (C=O) groups is 1. The Bertz CT molecular complexity index is 784. The molecule has 5 nitrogen and oxygen atoms in total. The Morgan fingerprint density at radius 2 is 1.66 bits per heavy atom. The lowest BCUT2D eigenvalue weighted by molar-refractivity contribution is -0.124. The fraction of sp³-hybridized carbons (Fsp3) is 0.630. The Morgan fingerprint density at radius 3 is 2.22 bits per heavy atom. The van der Waals surface area contributed by atoms with E-state index in [-0.39, 0.29) is 18.0 Å².